The van der Waals surface area contributed by atoms with E-state index in [-0.39, 0.29) is 0 Å². The van der Waals surface area contributed by atoms with Crippen LogP contribution in [0.2, 0.25) is 0 Å². The molecule has 1 aromatic carbocycles. The number of amides is 1. The maximum atomic E-state index is 12.2. The molecule has 1 aliphatic heterocycles. The molecule has 4 nitrogen and oxygen atoms in total. The van der Waals surface area contributed by atoms with Gasteiger partial charge in [0.2, 0.25) is 0 Å². The highest BCUT2D eigenvalue weighted by Gasteiger charge is 2.38. The Morgan fingerprint density at radius 3 is 2.50 bits per heavy atom. The molecule has 5 heteroatoms. The van der Waals surface area contributed by atoms with Crippen LogP contribution in [0.5, 0.6) is 0 Å². The molecule has 0 fully saturated rings. The molecule has 1 aromatic heterocycles. The predicted molar refractivity (Wildman–Crippen MR) is 78.3 cm³/mol. The van der Waals surface area contributed by atoms with Gasteiger partial charge in [-0.3, -0.25) is 14.5 Å². The van der Waals surface area contributed by atoms with Gasteiger partial charge in [0.05, 0.1) is 17.8 Å². The van der Waals surface area contributed by atoms with Crippen LogP contribution in [0.25, 0.3) is 0 Å². The van der Waals surface area contributed by atoms with Crippen molar-refractivity contribution in [3.8, 4) is 0 Å². The zero-order valence-electron chi connectivity index (χ0n) is 11.6. The van der Waals surface area contributed by atoms with Crippen LogP contribution in [0.3, 0.4) is 0 Å². The molecule has 2 heterocycles. The van der Waals surface area contributed by atoms with Gasteiger partial charge in [-0.1, -0.05) is 12.1 Å². The summed E-state index contributed by atoms with van der Waals surface area (Å²) in [6.45, 7) is 6.06. The summed E-state index contributed by atoms with van der Waals surface area (Å²) in [5, 5.41) is 2.79. The summed E-state index contributed by atoms with van der Waals surface area (Å²) in [5.41, 5.74) is 4.01. The Hall–Kier alpha value is -2.01. The van der Waals surface area contributed by atoms with Crippen LogP contribution in [-0.2, 0) is 11.3 Å². The predicted octanol–water partition coefficient (Wildman–Crippen LogP) is 2.80. The van der Waals surface area contributed by atoms with Gasteiger partial charge in [-0.15, -0.1) is 11.3 Å². The number of benzene rings is 1. The average Bonchev–Trinajstić information content (AvgIpc) is 2.92. The van der Waals surface area contributed by atoms with Crippen LogP contribution in [0.1, 0.15) is 32.2 Å². The normalized spacial score (nSPS) is 14.1. The average molecular weight is 286 g/mol. The van der Waals surface area contributed by atoms with Gasteiger partial charge in [-0.05, 0) is 31.9 Å². The molecule has 1 amide bonds. The van der Waals surface area contributed by atoms with Crippen molar-refractivity contribution in [2.24, 2.45) is 0 Å². The van der Waals surface area contributed by atoms with Crippen molar-refractivity contribution in [3.05, 3.63) is 44.9 Å². The molecular formula is C15H14N2O2S. The fourth-order valence-corrected chi connectivity index (χ4v) is 3.28. The second-order valence-electron chi connectivity index (χ2n) is 5.03. The summed E-state index contributed by atoms with van der Waals surface area (Å²) < 4.78 is 0. The van der Waals surface area contributed by atoms with Crippen molar-refractivity contribution in [3.63, 3.8) is 0 Å². The smallest absolute Gasteiger partial charge is 0.298 e. The third-order valence-electron chi connectivity index (χ3n) is 3.48. The van der Waals surface area contributed by atoms with E-state index in [1.54, 1.807) is 4.90 Å². The number of hydrogen-bond acceptors (Lipinski definition) is 4. The summed E-state index contributed by atoms with van der Waals surface area (Å²) in [6.07, 6.45) is 0. The van der Waals surface area contributed by atoms with Crippen LogP contribution in [0.15, 0.2) is 17.5 Å². The van der Waals surface area contributed by atoms with Crippen molar-refractivity contribution in [1.29, 1.82) is 0 Å². The standard InChI is InChI=1S/C15H14N2O2S/c1-8-4-5-9(2)13-12(8)14(18)15(19)17(13)6-11-16-10(3)7-20-11/h4-5,7H,6H2,1-3H3. The van der Waals surface area contributed by atoms with E-state index in [9.17, 15) is 9.59 Å². The Morgan fingerprint density at radius 1 is 1.15 bits per heavy atom. The van der Waals surface area contributed by atoms with E-state index < -0.39 is 11.7 Å². The lowest BCUT2D eigenvalue weighted by atomic mass is 10.0. The van der Waals surface area contributed by atoms with E-state index in [0.29, 0.717) is 12.1 Å². The van der Waals surface area contributed by atoms with Crippen molar-refractivity contribution in [2.75, 3.05) is 4.90 Å². The number of carbonyl (C=O) groups excluding carboxylic acids is 2. The third kappa shape index (κ3) is 1.86. The number of anilines is 1. The second kappa shape index (κ2) is 4.52. The third-order valence-corrected chi connectivity index (χ3v) is 4.44. The first-order chi connectivity index (χ1) is 9.49. The Bertz CT molecular complexity index is 733. The maximum Gasteiger partial charge on any atom is 0.299 e. The molecule has 0 aliphatic carbocycles. The largest absolute Gasteiger partial charge is 0.299 e. The highest BCUT2D eigenvalue weighted by molar-refractivity contribution is 7.09. The zero-order chi connectivity index (χ0) is 14.4. The molecular weight excluding hydrogens is 272 g/mol. The number of carbonyl (C=O) groups is 2. The molecule has 0 saturated carbocycles. The van der Waals surface area contributed by atoms with Gasteiger partial charge in [-0.2, -0.15) is 0 Å². The number of Topliss-reactive ketones (excluding diaryl/α,β-unsaturated/α-hetero) is 1. The first kappa shape index (κ1) is 13.0. The number of thiazole rings is 1. The number of hydrogen-bond donors (Lipinski definition) is 0. The number of fused-ring (bicyclic) bond motifs is 1. The highest BCUT2D eigenvalue weighted by Crippen LogP contribution is 2.35. The molecule has 0 spiro atoms. The van der Waals surface area contributed by atoms with Gasteiger partial charge >= 0.3 is 0 Å². The van der Waals surface area contributed by atoms with Gasteiger partial charge in [0, 0.05) is 11.1 Å². The van der Waals surface area contributed by atoms with Crippen LogP contribution in [0, 0.1) is 20.8 Å². The minimum Gasteiger partial charge on any atom is -0.298 e. The Kier molecular flexibility index (Phi) is 2.94. The molecule has 3 rings (SSSR count). The first-order valence-corrected chi connectivity index (χ1v) is 7.24. The SMILES string of the molecule is Cc1csc(CN2C(=O)C(=O)c3c(C)ccc(C)c32)n1. The minimum absolute atomic E-state index is 0.361. The number of aryl methyl sites for hydroxylation is 3. The second-order valence-corrected chi connectivity index (χ2v) is 5.97. The van der Waals surface area contributed by atoms with Crippen LogP contribution in [-0.4, -0.2) is 16.7 Å². The molecule has 102 valence electrons. The highest BCUT2D eigenvalue weighted by atomic mass is 32.1. The summed E-state index contributed by atoms with van der Waals surface area (Å²) in [5.74, 6) is -0.861. The van der Waals surface area contributed by atoms with Crippen LogP contribution < -0.4 is 4.90 Å². The lowest BCUT2D eigenvalue weighted by molar-refractivity contribution is -0.114. The Morgan fingerprint density at radius 2 is 1.85 bits per heavy atom. The van der Waals surface area contributed by atoms with Crippen LogP contribution in [0.4, 0.5) is 5.69 Å². The van der Waals surface area contributed by atoms with Crippen molar-refractivity contribution in [2.45, 2.75) is 27.3 Å². The quantitative estimate of drug-likeness (QED) is 0.798. The summed E-state index contributed by atoms with van der Waals surface area (Å²) >= 11 is 1.51. The van der Waals surface area contributed by atoms with Gasteiger partial charge in [-0.25, -0.2) is 4.98 Å². The molecule has 2 aromatic rings. The lowest BCUT2D eigenvalue weighted by Gasteiger charge is -2.17. The van der Waals surface area contributed by atoms with E-state index >= 15 is 0 Å². The molecule has 0 atom stereocenters. The van der Waals surface area contributed by atoms with E-state index in [1.165, 1.54) is 11.3 Å². The number of ketones is 1. The zero-order valence-corrected chi connectivity index (χ0v) is 12.4. The molecule has 0 unspecified atom stereocenters. The maximum absolute atomic E-state index is 12.2. The molecule has 1 aliphatic rings. The van der Waals surface area contributed by atoms with Gasteiger partial charge in [0.25, 0.3) is 11.7 Å². The number of aromatic nitrogens is 1. The van der Waals surface area contributed by atoms with E-state index in [0.717, 1.165) is 27.5 Å². The first-order valence-electron chi connectivity index (χ1n) is 6.36. The van der Waals surface area contributed by atoms with Crippen molar-refractivity contribution < 1.29 is 9.59 Å². The molecule has 0 saturated heterocycles. The molecule has 0 bridgehead atoms. The summed E-state index contributed by atoms with van der Waals surface area (Å²) in [7, 11) is 0. The fourth-order valence-electron chi connectivity index (χ4n) is 2.52. The monoisotopic (exact) mass is 286 g/mol. The molecule has 0 N–H and O–H groups in total. The number of rotatable bonds is 2. The van der Waals surface area contributed by atoms with E-state index in [4.69, 9.17) is 0 Å². The summed E-state index contributed by atoms with van der Waals surface area (Å²) in [4.78, 5) is 30.3. The van der Waals surface area contributed by atoms with Crippen molar-refractivity contribution in [1.82, 2.24) is 4.98 Å². The molecule has 20 heavy (non-hydrogen) atoms. The van der Waals surface area contributed by atoms with Crippen molar-refractivity contribution >= 4 is 28.7 Å². The van der Waals surface area contributed by atoms with Gasteiger partial charge in [0.15, 0.2) is 0 Å². The lowest BCUT2D eigenvalue weighted by Crippen LogP contribution is -2.29. The topological polar surface area (TPSA) is 50.3 Å². The fraction of sp³-hybridized carbons (Fsp3) is 0.267. The minimum atomic E-state index is -0.453. The van der Waals surface area contributed by atoms with E-state index in [2.05, 4.69) is 4.98 Å². The molecule has 0 radical (unpaired) electrons. The Balaban J connectivity index is 2.08. The summed E-state index contributed by atoms with van der Waals surface area (Å²) in [6, 6.07) is 3.83. The van der Waals surface area contributed by atoms with E-state index in [1.807, 2.05) is 38.3 Å². The van der Waals surface area contributed by atoms with Gasteiger partial charge in [0.1, 0.15) is 5.01 Å². The van der Waals surface area contributed by atoms with Crippen LogP contribution >= 0.6 is 11.3 Å². The van der Waals surface area contributed by atoms with Gasteiger partial charge < -0.3 is 0 Å². The number of nitrogens with zero attached hydrogens (tertiary/aromatic N) is 2. The Labute approximate surface area is 121 Å².